The van der Waals surface area contributed by atoms with Crippen LogP contribution in [0.3, 0.4) is 0 Å². The smallest absolute Gasteiger partial charge is 0.221 e. The molecule has 0 aliphatic carbocycles. The van der Waals surface area contributed by atoms with Crippen LogP contribution in [0.2, 0.25) is 0 Å². The summed E-state index contributed by atoms with van der Waals surface area (Å²) in [6, 6.07) is 19.5. The molecule has 0 bridgehead atoms. The number of nitrogens with zero attached hydrogens (tertiary/aromatic N) is 1. The SMILES string of the molecule is CC1(C)OC[C@@H](/C(COCc2ccccc2)=[N+](/[O-])Cc2ccccc2)O1. The number of hydrogen-bond acceptors (Lipinski definition) is 4. The van der Waals surface area contributed by atoms with E-state index >= 15 is 0 Å². The summed E-state index contributed by atoms with van der Waals surface area (Å²) >= 11 is 0. The second kappa shape index (κ2) is 8.45. The van der Waals surface area contributed by atoms with Gasteiger partial charge in [-0.1, -0.05) is 60.7 Å². The van der Waals surface area contributed by atoms with Crippen molar-refractivity contribution in [2.24, 2.45) is 0 Å². The van der Waals surface area contributed by atoms with E-state index in [1.807, 2.05) is 74.5 Å². The largest absolute Gasteiger partial charge is 0.623 e. The first-order valence-electron chi connectivity index (χ1n) is 8.81. The molecule has 0 aromatic heterocycles. The van der Waals surface area contributed by atoms with E-state index in [0.717, 1.165) is 15.9 Å². The molecule has 1 atom stereocenters. The van der Waals surface area contributed by atoms with Crippen LogP contribution < -0.4 is 0 Å². The minimum Gasteiger partial charge on any atom is -0.623 e. The lowest BCUT2D eigenvalue weighted by molar-refractivity contribution is -0.480. The Morgan fingerprint density at radius 2 is 1.69 bits per heavy atom. The normalized spacial score (nSPS) is 20.0. The average molecular weight is 355 g/mol. The van der Waals surface area contributed by atoms with Crippen molar-refractivity contribution < 1.29 is 18.9 Å². The summed E-state index contributed by atoms with van der Waals surface area (Å²) in [5.74, 6) is -0.692. The lowest BCUT2D eigenvalue weighted by Gasteiger charge is -2.19. The molecule has 26 heavy (non-hydrogen) atoms. The number of rotatable bonds is 7. The second-order valence-corrected chi connectivity index (χ2v) is 6.81. The molecule has 3 rings (SSSR count). The maximum Gasteiger partial charge on any atom is 0.221 e. The van der Waals surface area contributed by atoms with Crippen LogP contribution in [0.4, 0.5) is 0 Å². The molecule has 0 N–H and O–H groups in total. The zero-order valence-electron chi connectivity index (χ0n) is 15.3. The monoisotopic (exact) mass is 355 g/mol. The highest BCUT2D eigenvalue weighted by molar-refractivity contribution is 5.86. The van der Waals surface area contributed by atoms with Gasteiger partial charge in [0.25, 0.3) is 0 Å². The fraction of sp³-hybridized carbons (Fsp3) is 0.381. The third-order valence-corrected chi connectivity index (χ3v) is 4.23. The summed E-state index contributed by atoms with van der Waals surface area (Å²) in [6.45, 7) is 4.95. The van der Waals surface area contributed by atoms with Gasteiger partial charge in [-0.05, 0) is 19.4 Å². The highest BCUT2D eigenvalue weighted by atomic mass is 16.7. The van der Waals surface area contributed by atoms with Crippen LogP contribution >= 0.6 is 0 Å². The van der Waals surface area contributed by atoms with E-state index in [-0.39, 0.29) is 13.2 Å². The highest BCUT2D eigenvalue weighted by Crippen LogP contribution is 2.23. The Bertz CT molecular complexity index is 728. The first-order chi connectivity index (χ1) is 12.5. The van der Waals surface area contributed by atoms with Gasteiger partial charge in [0.1, 0.15) is 6.61 Å². The first kappa shape index (κ1) is 18.6. The molecule has 1 saturated heterocycles. The molecule has 0 radical (unpaired) electrons. The van der Waals surface area contributed by atoms with Crippen molar-refractivity contribution in [1.82, 2.24) is 0 Å². The standard InChI is InChI=1S/C21H25NO4/c1-21(2)25-16-20(26-21)19(15-24-14-18-11-7-4-8-12-18)22(23)13-17-9-5-3-6-10-17/h3-12,20H,13-16H2,1-2H3/b22-19+/t20-/m0/s1. The summed E-state index contributed by atoms with van der Waals surface area (Å²) in [7, 11) is 0. The van der Waals surface area contributed by atoms with Crippen molar-refractivity contribution in [3.8, 4) is 0 Å². The molecule has 138 valence electrons. The number of hydroxylamine groups is 1. The third kappa shape index (κ3) is 5.14. The molecule has 1 heterocycles. The van der Waals surface area contributed by atoms with Gasteiger partial charge in [-0.15, -0.1) is 0 Å². The first-order valence-corrected chi connectivity index (χ1v) is 8.81. The van der Waals surface area contributed by atoms with Gasteiger partial charge in [-0.25, -0.2) is 4.74 Å². The summed E-state index contributed by atoms with van der Waals surface area (Å²) in [5, 5.41) is 12.8. The second-order valence-electron chi connectivity index (χ2n) is 6.81. The maximum absolute atomic E-state index is 12.8. The van der Waals surface area contributed by atoms with E-state index in [4.69, 9.17) is 14.2 Å². The van der Waals surface area contributed by atoms with E-state index in [1.54, 1.807) is 0 Å². The van der Waals surface area contributed by atoms with Crippen LogP contribution in [-0.4, -0.2) is 35.6 Å². The molecule has 2 aromatic carbocycles. The maximum atomic E-state index is 12.8. The number of benzene rings is 2. The Hall–Kier alpha value is -2.21. The Kier molecular flexibility index (Phi) is 6.04. The molecule has 1 aliphatic heterocycles. The van der Waals surface area contributed by atoms with E-state index in [2.05, 4.69) is 0 Å². The number of hydrogen-bond donors (Lipinski definition) is 0. The van der Waals surface area contributed by atoms with Gasteiger partial charge < -0.3 is 19.4 Å². The van der Waals surface area contributed by atoms with Crippen molar-refractivity contribution in [2.75, 3.05) is 13.2 Å². The van der Waals surface area contributed by atoms with Gasteiger partial charge >= 0.3 is 0 Å². The Morgan fingerprint density at radius 3 is 2.27 bits per heavy atom. The zero-order valence-corrected chi connectivity index (χ0v) is 15.3. The van der Waals surface area contributed by atoms with Gasteiger partial charge in [-0.2, -0.15) is 0 Å². The molecular weight excluding hydrogens is 330 g/mol. The Morgan fingerprint density at radius 1 is 1.08 bits per heavy atom. The molecule has 0 amide bonds. The lowest BCUT2D eigenvalue weighted by atomic mass is 10.2. The summed E-state index contributed by atoms with van der Waals surface area (Å²) in [6.07, 6.45) is -0.401. The predicted molar refractivity (Wildman–Crippen MR) is 99.8 cm³/mol. The molecular formula is C21H25NO4. The minimum atomic E-state index is -0.692. The quantitative estimate of drug-likeness (QED) is 0.330. The number of ether oxygens (including phenoxy) is 3. The van der Waals surface area contributed by atoms with Gasteiger partial charge in [-0.3, -0.25) is 0 Å². The van der Waals surface area contributed by atoms with Crippen LogP contribution in [-0.2, 0) is 27.4 Å². The van der Waals surface area contributed by atoms with E-state index < -0.39 is 11.9 Å². The minimum absolute atomic E-state index is 0.204. The topological polar surface area (TPSA) is 53.8 Å². The van der Waals surface area contributed by atoms with Crippen LogP contribution in [0.5, 0.6) is 0 Å². The average Bonchev–Trinajstić information content (AvgIpc) is 3.00. The van der Waals surface area contributed by atoms with Crippen molar-refractivity contribution in [1.29, 1.82) is 0 Å². The summed E-state index contributed by atoms with van der Waals surface area (Å²) in [5.41, 5.74) is 2.56. The molecule has 2 aromatic rings. The zero-order chi connectivity index (χ0) is 18.4. The molecule has 5 nitrogen and oxygen atoms in total. The van der Waals surface area contributed by atoms with Gasteiger partial charge in [0.15, 0.2) is 18.4 Å². The molecule has 0 spiro atoms. The van der Waals surface area contributed by atoms with E-state index in [1.165, 1.54) is 0 Å². The highest BCUT2D eigenvalue weighted by Gasteiger charge is 2.39. The van der Waals surface area contributed by atoms with Crippen molar-refractivity contribution >= 4 is 5.71 Å². The van der Waals surface area contributed by atoms with Gasteiger partial charge in [0, 0.05) is 5.56 Å². The summed E-state index contributed by atoms with van der Waals surface area (Å²) < 4.78 is 18.3. The van der Waals surface area contributed by atoms with Crippen LogP contribution in [0.1, 0.15) is 25.0 Å². The lowest BCUT2D eigenvalue weighted by Crippen LogP contribution is -2.36. The molecule has 0 saturated carbocycles. The fourth-order valence-corrected chi connectivity index (χ4v) is 2.88. The molecule has 1 aliphatic rings. The van der Waals surface area contributed by atoms with Crippen molar-refractivity contribution in [2.45, 2.75) is 38.9 Å². The Balaban J connectivity index is 1.71. The van der Waals surface area contributed by atoms with E-state index in [9.17, 15) is 5.21 Å². The van der Waals surface area contributed by atoms with Crippen molar-refractivity contribution in [3.63, 3.8) is 0 Å². The van der Waals surface area contributed by atoms with Crippen LogP contribution in [0.25, 0.3) is 0 Å². The van der Waals surface area contributed by atoms with Crippen LogP contribution in [0, 0.1) is 5.21 Å². The Labute approximate surface area is 154 Å². The van der Waals surface area contributed by atoms with Gasteiger partial charge in [0.2, 0.25) is 5.71 Å². The van der Waals surface area contributed by atoms with E-state index in [0.29, 0.717) is 18.9 Å². The molecule has 0 unspecified atom stereocenters. The predicted octanol–water partition coefficient (Wildman–Crippen LogP) is 3.51. The third-order valence-electron chi connectivity index (χ3n) is 4.23. The molecule has 5 heteroatoms. The molecule has 1 fully saturated rings. The van der Waals surface area contributed by atoms with Gasteiger partial charge in [0.05, 0.1) is 13.2 Å². The summed E-state index contributed by atoms with van der Waals surface area (Å²) in [4.78, 5) is 0. The van der Waals surface area contributed by atoms with Crippen LogP contribution in [0.15, 0.2) is 60.7 Å². The van der Waals surface area contributed by atoms with Crippen molar-refractivity contribution in [3.05, 3.63) is 77.0 Å². The fourth-order valence-electron chi connectivity index (χ4n) is 2.88.